The molecule has 0 spiro atoms. The molecule has 0 atom stereocenters. The standard InChI is InChI=1S/C14H16N2O3S/c17-13(15-7-5-11-3-2-10-20-11)6-8-16-14(18)12-4-1-9-19-12/h1-4,9-10H,5-8H2,(H,15,17)(H,16,18). The summed E-state index contributed by atoms with van der Waals surface area (Å²) in [7, 11) is 0. The molecule has 0 saturated carbocycles. The van der Waals surface area contributed by atoms with Crippen LogP contribution in [-0.2, 0) is 11.2 Å². The zero-order valence-corrected chi connectivity index (χ0v) is 11.7. The molecule has 2 heterocycles. The van der Waals surface area contributed by atoms with E-state index in [4.69, 9.17) is 4.42 Å². The lowest BCUT2D eigenvalue weighted by atomic mass is 10.3. The van der Waals surface area contributed by atoms with Crippen molar-refractivity contribution in [3.05, 3.63) is 46.5 Å². The zero-order chi connectivity index (χ0) is 14.2. The van der Waals surface area contributed by atoms with Crippen molar-refractivity contribution >= 4 is 23.2 Å². The van der Waals surface area contributed by atoms with E-state index >= 15 is 0 Å². The average Bonchev–Trinajstić information content (AvgIpc) is 3.12. The molecule has 0 aliphatic heterocycles. The molecular weight excluding hydrogens is 276 g/mol. The second-order valence-electron chi connectivity index (χ2n) is 4.16. The lowest BCUT2D eigenvalue weighted by Crippen LogP contribution is -2.31. The molecule has 106 valence electrons. The van der Waals surface area contributed by atoms with Crippen LogP contribution in [0.4, 0.5) is 0 Å². The minimum Gasteiger partial charge on any atom is -0.459 e. The second-order valence-corrected chi connectivity index (χ2v) is 5.19. The Morgan fingerprint density at radius 3 is 2.75 bits per heavy atom. The molecule has 0 saturated heterocycles. The average molecular weight is 292 g/mol. The molecule has 2 rings (SSSR count). The summed E-state index contributed by atoms with van der Waals surface area (Å²) in [4.78, 5) is 24.3. The molecule has 0 bridgehead atoms. The number of carbonyl (C=O) groups is 2. The van der Waals surface area contributed by atoms with Gasteiger partial charge in [-0.1, -0.05) is 6.07 Å². The number of nitrogens with one attached hydrogen (secondary N) is 2. The first kappa shape index (κ1) is 14.3. The van der Waals surface area contributed by atoms with Gasteiger partial charge in [-0.25, -0.2) is 0 Å². The van der Waals surface area contributed by atoms with Crippen molar-refractivity contribution in [3.63, 3.8) is 0 Å². The van der Waals surface area contributed by atoms with Gasteiger partial charge in [0.2, 0.25) is 5.91 Å². The summed E-state index contributed by atoms with van der Waals surface area (Å²) in [6.45, 7) is 0.913. The number of thiophene rings is 1. The number of hydrogen-bond donors (Lipinski definition) is 2. The molecule has 6 heteroatoms. The van der Waals surface area contributed by atoms with E-state index in [-0.39, 0.29) is 24.0 Å². The third kappa shape index (κ3) is 4.55. The van der Waals surface area contributed by atoms with E-state index in [0.29, 0.717) is 13.1 Å². The van der Waals surface area contributed by atoms with Crippen LogP contribution in [0.3, 0.4) is 0 Å². The van der Waals surface area contributed by atoms with Crippen LogP contribution in [0, 0.1) is 0 Å². The van der Waals surface area contributed by atoms with Crippen LogP contribution in [0.1, 0.15) is 21.9 Å². The maximum atomic E-state index is 11.6. The van der Waals surface area contributed by atoms with Gasteiger partial charge in [0.1, 0.15) is 0 Å². The summed E-state index contributed by atoms with van der Waals surface area (Å²) in [5.41, 5.74) is 0. The van der Waals surface area contributed by atoms with Crippen molar-refractivity contribution in [1.29, 1.82) is 0 Å². The van der Waals surface area contributed by atoms with Gasteiger partial charge in [0.25, 0.3) is 5.91 Å². The van der Waals surface area contributed by atoms with Crippen LogP contribution < -0.4 is 10.6 Å². The summed E-state index contributed by atoms with van der Waals surface area (Å²) in [6.07, 6.45) is 2.53. The van der Waals surface area contributed by atoms with E-state index in [0.717, 1.165) is 6.42 Å². The Kier molecular flexibility index (Phi) is 5.37. The lowest BCUT2D eigenvalue weighted by molar-refractivity contribution is -0.120. The maximum absolute atomic E-state index is 11.6. The minimum absolute atomic E-state index is 0.0682. The topological polar surface area (TPSA) is 71.3 Å². The van der Waals surface area contributed by atoms with Crippen LogP contribution in [0.25, 0.3) is 0 Å². The number of furan rings is 1. The number of amides is 2. The largest absolute Gasteiger partial charge is 0.459 e. The Labute approximate surface area is 121 Å². The molecule has 0 aliphatic rings. The van der Waals surface area contributed by atoms with Crippen molar-refractivity contribution in [2.75, 3.05) is 13.1 Å². The fourth-order valence-corrected chi connectivity index (χ4v) is 2.36. The molecular formula is C14H16N2O3S. The molecule has 0 radical (unpaired) electrons. The first-order valence-electron chi connectivity index (χ1n) is 6.36. The van der Waals surface area contributed by atoms with Crippen LogP contribution in [0.2, 0.25) is 0 Å². The zero-order valence-electron chi connectivity index (χ0n) is 10.9. The predicted molar refractivity (Wildman–Crippen MR) is 76.7 cm³/mol. The summed E-state index contributed by atoms with van der Waals surface area (Å²) >= 11 is 1.68. The van der Waals surface area contributed by atoms with Crippen LogP contribution in [0.15, 0.2) is 40.3 Å². The van der Waals surface area contributed by atoms with Crippen molar-refractivity contribution in [2.45, 2.75) is 12.8 Å². The highest BCUT2D eigenvalue weighted by Gasteiger charge is 2.08. The molecule has 2 aromatic heterocycles. The van der Waals surface area contributed by atoms with E-state index < -0.39 is 0 Å². The maximum Gasteiger partial charge on any atom is 0.286 e. The van der Waals surface area contributed by atoms with Crippen molar-refractivity contribution in [3.8, 4) is 0 Å². The highest BCUT2D eigenvalue weighted by atomic mass is 32.1. The van der Waals surface area contributed by atoms with Gasteiger partial charge in [-0.2, -0.15) is 0 Å². The Morgan fingerprint density at radius 2 is 2.05 bits per heavy atom. The Balaban J connectivity index is 1.57. The summed E-state index contributed by atoms with van der Waals surface area (Å²) in [6, 6.07) is 7.26. The number of hydrogen-bond acceptors (Lipinski definition) is 4. The molecule has 0 fully saturated rings. The molecule has 5 nitrogen and oxygen atoms in total. The Morgan fingerprint density at radius 1 is 1.15 bits per heavy atom. The van der Waals surface area contributed by atoms with Gasteiger partial charge in [0.15, 0.2) is 5.76 Å². The highest BCUT2D eigenvalue weighted by molar-refractivity contribution is 7.09. The Bertz CT molecular complexity index is 535. The molecule has 0 unspecified atom stereocenters. The van der Waals surface area contributed by atoms with Gasteiger partial charge in [-0.15, -0.1) is 11.3 Å². The lowest BCUT2D eigenvalue weighted by Gasteiger charge is -2.05. The number of rotatable bonds is 7. The highest BCUT2D eigenvalue weighted by Crippen LogP contribution is 2.08. The molecule has 2 aromatic rings. The van der Waals surface area contributed by atoms with Crippen LogP contribution in [-0.4, -0.2) is 24.9 Å². The predicted octanol–water partition coefficient (Wildman–Crippen LogP) is 1.82. The van der Waals surface area contributed by atoms with E-state index in [1.54, 1.807) is 23.5 Å². The van der Waals surface area contributed by atoms with Crippen LogP contribution in [0.5, 0.6) is 0 Å². The molecule has 20 heavy (non-hydrogen) atoms. The first-order valence-corrected chi connectivity index (χ1v) is 7.24. The van der Waals surface area contributed by atoms with Gasteiger partial charge in [-0.05, 0) is 30.0 Å². The summed E-state index contributed by atoms with van der Waals surface area (Å²) in [5.74, 6) is -0.120. The van der Waals surface area contributed by atoms with Gasteiger partial charge < -0.3 is 15.1 Å². The molecule has 0 aliphatic carbocycles. The normalized spacial score (nSPS) is 10.2. The van der Waals surface area contributed by atoms with E-state index in [1.165, 1.54) is 11.1 Å². The van der Waals surface area contributed by atoms with E-state index in [9.17, 15) is 9.59 Å². The monoisotopic (exact) mass is 292 g/mol. The SMILES string of the molecule is O=C(CCNC(=O)c1ccco1)NCCc1cccs1. The fraction of sp³-hybridized carbons (Fsp3) is 0.286. The molecule has 0 aromatic carbocycles. The number of carbonyl (C=O) groups excluding carboxylic acids is 2. The Hall–Kier alpha value is -2.08. The second kappa shape index (κ2) is 7.49. The van der Waals surface area contributed by atoms with Gasteiger partial charge in [0, 0.05) is 24.4 Å². The van der Waals surface area contributed by atoms with Gasteiger partial charge >= 0.3 is 0 Å². The van der Waals surface area contributed by atoms with E-state index in [2.05, 4.69) is 10.6 Å². The molecule has 2 amide bonds. The smallest absolute Gasteiger partial charge is 0.286 e. The third-order valence-electron chi connectivity index (χ3n) is 2.66. The quantitative estimate of drug-likeness (QED) is 0.817. The summed E-state index contributed by atoms with van der Waals surface area (Å²) < 4.78 is 4.95. The molecule has 2 N–H and O–H groups in total. The van der Waals surface area contributed by atoms with Crippen LogP contribution >= 0.6 is 11.3 Å². The van der Waals surface area contributed by atoms with Gasteiger partial charge in [0.05, 0.1) is 6.26 Å². The third-order valence-corrected chi connectivity index (χ3v) is 3.59. The van der Waals surface area contributed by atoms with Crippen molar-refractivity contribution in [2.24, 2.45) is 0 Å². The van der Waals surface area contributed by atoms with Crippen molar-refractivity contribution < 1.29 is 14.0 Å². The minimum atomic E-state index is -0.304. The van der Waals surface area contributed by atoms with E-state index in [1.807, 2.05) is 17.5 Å². The van der Waals surface area contributed by atoms with Crippen molar-refractivity contribution in [1.82, 2.24) is 10.6 Å². The summed E-state index contributed by atoms with van der Waals surface area (Å²) in [5, 5.41) is 7.47. The fourth-order valence-electron chi connectivity index (χ4n) is 1.65. The van der Waals surface area contributed by atoms with Gasteiger partial charge in [-0.3, -0.25) is 9.59 Å². The first-order chi connectivity index (χ1) is 9.75.